The molecular formula is C16H22O. The Morgan fingerprint density at radius 3 is 2.65 bits per heavy atom. The van der Waals surface area contributed by atoms with Crippen LogP contribution in [-0.2, 0) is 5.41 Å². The van der Waals surface area contributed by atoms with Gasteiger partial charge in [0.1, 0.15) is 0 Å². The number of fused-ring (bicyclic) bond motifs is 1. The molecule has 92 valence electrons. The van der Waals surface area contributed by atoms with E-state index in [0.29, 0.717) is 12.3 Å². The van der Waals surface area contributed by atoms with Gasteiger partial charge in [-0.25, -0.2) is 0 Å². The van der Waals surface area contributed by atoms with Gasteiger partial charge >= 0.3 is 0 Å². The van der Waals surface area contributed by atoms with Crippen LogP contribution in [0.25, 0.3) is 0 Å². The minimum atomic E-state index is 0.257. The molecule has 1 aliphatic carbocycles. The molecule has 2 rings (SSSR count). The molecule has 0 saturated carbocycles. The van der Waals surface area contributed by atoms with E-state index in [9.17, 15) is 4.79 Å². The Hall–Kier alpha value is -1.11. The number of aryl methyl sites for hydroxylation is 1. The number of benzene rings is 1. The van der Waals surface area contributed by atoms with Crippen LogP contribution in [0.15, 0.2) is 12.1 Å². The zero-order chi connectivity index (χ0) is 12.8. The van der Waals surface area contributed by atoms with E-state index in [1.807, 2.05) is 6.92 Å². The van der Waals surface area contributed by atoms with E-state index < -0.39 is 0 Å². The first-order valence-electron chi connectivity index (χ1n) is 6.55. The average Bonchev–Trinajstić information content (AvgIpc) is 2.47. The molecule has 0 bridgehead atoms. The van der Waals surface area contributed by atoms with Crippen molar-refractivity contribution < 1.29 is 4.79 Å². The van der Waals surface area contributed by atoms with E-state index in [1.54, 1.807) is 0 Å². The monoisotopic (exact) mass is 230 g/mol. The highest BCUT2D eigenvalue weighted by Crippen LogP contribution is 2.46. The van der Waals surface area contributed by atoms with E-state index in [0.717, 1.165) is 11.1 Å². The summed E-state index contributed by atoms with van der Waals surface area (Å²) in [5.41, 5.74) is 5.15. The van der Waals surface area contributed by atoms with E-state index >= 15 is 0 Å². The van der Waals surface area contributed by atoms with Crippen molar-refractivity contribution in [3.63, 3.8) is 0 Å². The molecule has 0 heterocycles. The fourth-order valence-electron chi connectivity index (χ4n) is 3.19. The van der Waals surface area contributed by atoms with Gasteiger partial charge in [0.2, 0.25) is 0 Å². The van der Waals surface area contributed by atoms with E-state index in [-0.39, 0.29) is 11.2 Å². The van der Waals surface area contributed by atoms with Crippen molar-refractivity contribution in [2.24, 2.45) is 0 Å². The van der Waals surface area contributed by atoms with Crippen LogP contribution in [0.5, 0.6) is 0 Å². The first-order chi connectivity index (χ1) is 7.86. The molecule has 0 unspecified atom stereocenters. The molecule has 1 heteroatoms. The molecule has 1 aromatic rings. The van der Waals surface area contributed by atoms with Crippen molar-refractivity contribution in [3.8, 4) is 0 Å². The molecule has 1 aromatic carbocycles. The van der Waals surface area contributed by atoms with Gasteiger partial charge < -0.3 is 0 Å². The Labute approximate surface area is 104 Å². The molecule has 0 radical (unpaired) electrons. The summed E-state index contributed by atoms with van der Waals surface area (Å²) >= 11 is 0. The number of rotatable bonds is 2. The molecule has 0 amide bonds. The number of hydrogen-bond acceptors (Lipinski definition) is 1. The Morgan fingerprint density at radius 1 is 1.41 bits per heavy atom. The third-order valence-electron chi connectivity index (χ3n) is 4.09. The molecule has 0 aliphatic heterocycles. The van der Waals surface area contributed by atoms with Crippen LogP contribution in [0.4, 0.5) is 0 Å². The highest BCUT2D eigenvalue weighted by molar-refractivity contribution is 5.97. The Morgan fingerprint density at radius 2 is 2.06 bits per heavy atom. The lowest BCUT2D eigenvalue weighted by Crippen LogP contribution is -2.13. The predicted octanol–water partition coefficient (Wildman–Crippen LogP) is 4.37. The van der Waals surface area contributed by atoms with Crippen molar-refractivity contribution in [2.45, 2.75) is 58.8 Å². The summed E-state index contributed by atoms with van der Waals surface area (Å²) in [6.45, 7) is 10.9. The Bertz CT molecular complexity index is 469. The molecule has 1 atom stereocenters. The molecule has 1 nitrogen and oxygen atoms in total. The number of ketones is 1. The van der Waals surface area contributed by atoms with Gasteiger partial charge in [-0.1, -0.05) is 33.8 Å². The van der Waals surface area contributed by atoms with E-state index in [2.05, 4.69) is 39.8 Å². The summed E-state index contributed by atoms with van der Waals surface area (Å²) in [4.78, 5) is 11.9. The maximum atomic E-state index is 11.9. The number of carbonyl (C=O) groups is 1. The van der Waals surface area contributed by atoms with Crippen molar-refractivity contribution in [1.82, 2.24) is 0 Å². The molecule has 1 aliphatic rings. The van der Waals surface area contributed by atoms with Crippen molar-refractivity contribution >= 4 is 5.78 Å². The summed E-state index contributed by atoms with van der Waals surface area (Å²) < 4.78 is 0. The van der Waals surface area contributed by atoms with Crippen LogP contribution >= 0.6 is 0 Å². The van der Waals surface area contributed by atoms with Gasteiger partial charge in [0.15, 0.2) is 5.78 Å². The molecular weight excluding hydrogens is 208 g/mol. The fourth-order valence-corrected chi connectivity index (χ4v) is 3.19. The van der Waals surface area contributed by atoms with Gasteiger partial charge in [-0.2, -0.15) is 0 Å². The van der Waals surface area contributed by atoms with Gasteiger partial charge in [-0.05, 0) is 47.4 Å². The summed E-state index contributed by atoms with van der Waals surface area (Å²) in [6, 6.07) is 4.39. The van der Waals surface area contributed by atoms with Crippen LogP contribution in [0.1, 0.15) is 73.5 Å². The second-order valence-corrected chi connectivity index (χ2v) is 6.02. The molecule has 17 heavy (non-hydrogen) atoms. The molecule has 0 saturated heterocycles. The van der Waals surface area contributed by atoms with E-state index in [4.69, 9.17) is 0 Å². The van der Waals surface area contributed by atoms with Crippen LogP contribution < -0.4 is 0 Å². The summed E-state index contributed by atoms with van der Waals surface area (Å²) in [5, 5.41) is 0. The van der Waals surface area contributed by atoms with Gasteiger partial charge in [-0.15, -0.1) is 0 Å². The topological polar surface area (TPSA) is 17.1 Å². The molecule has 0 N–H and O–H groups in total. The fraction of sp³-hybridized carbons (Fsp3) is 0.562. The quantitative estimate of drug-likeness (QED) is 0.689. The standard InChI is InChI=1S/C16H22O/c1-6-15(17)13-8-12-11(3)9-16(4,5)14(12)7-10(13)2/h7-8,11H,6,9H2,1-5H3/t11-/m1/s1. The minimum absolute atomic E-state index is 0.257. The van der Waals surface area contributed by atoms with Crippen LogP contribution in [0, 0.1) is 6.92 Å². The number of hydrogen-bond donors (Lipinski definition) is 0. The number of Topliss-reactive ketones (excluding diaryl/α,β-unsaturated/α-hetero) is 1. The average molecular weight is 230 g/mol. The highest BCUT2D eigenvalue weighted by atomic mass is 16.1. The van der Waals surface area contributed by atoms with Crippen LogP contribution in [0.2, 0.25) is 0 Å². The third kappa shape index (κ3) is 1.92. The first kappa shape index (κ1) is 12.3. The van der Waals surface area contributed by atoms with Crippen molar-refractivity contribution in [3.05, 3.63) is 34.4 Å². The highest BCUT2D eigenvalue weighted by Gasteiger charge is 2.35. The molecule has 0 fully saturated rings. The lowest BCUT2D eigenvalue weighted by Gasteiger charge is -2.20. The zero-order valence-electron chi connectivity index (χ0n) is 11.6. The van der Waals surface area contributed by atoms with Gasteiger partial charge in [-0.3, -0.25) is 4.79 Å². The normalized spacial score (nSPS) is 21.4. The van der Waals surface area contributed by atoms with Gasteiger partial charge in [0.25, 0.3) is 0 Å². The van der Waals surface area contributed by atoms with Crippen molar-refractivity contribution in [2.75, 3.05) is 0 Å². The predicted molar refractivity (Wildman–Crippen MR) is 71.9 cm³/mol. The first-order valence-corrected chi connectivity index (χ1v) is 6.55. The van der Waals surface area contributed by atoms with Gasteiger partial charge in [0, 0.05) is 12.0 Å². The Kier molecular flexibility index (Phi) is 2.89. The molecule has 0 spiro atoms. The lowest BCUT2D eigenvalue weighted by molar-refractivity contribution is 0.0987. The van der Waals surface area contributed by atoms with E-state index in [1.165, 1.54) is 17.5 Å². The smallest absolute Gasteiger partial charge is 0.162 e. The maximum Gasteiger partial charge on any atom is 0.162 e. The number of carbonyl (C=O) groups excluding carboxylic acids is 1. The lowest BCUT2D eigenvalue weighted by atomic mass is 9.84. The second-order valence-electron chi connectivity index (χ2n) is 6.02. The summed E-state index contributed by atoms with van der Waals surface area (Å²) in [5.74, 6) is 0.839. The van der Waals surface area contributed by atoms with Crippen LogP contribution in [-0.4, -0.2) is 5.78 Å². The summed E-state index contributed by atoms with van der Waals surface area (Å²) in [7, 11) is 0. The van der Waals surface area contributed by atoms with Crippen molar-refractivity contribution in [1.29, 1.82) is 0 Å². The Balaban J connectivity index is 2.59. The zero-order valence-corrected chi connectivity index (χ0v) is 11.6. The maximum absolute atomic E-state index is 11.9. The van der Waals surface area contributed by atoms with Gasteiger partial charge in [0.05, 0.1) is 0 Å². The minimum Gasteiger partial charge on any atom is -0.294 e. The SMILES string of the molecule is CCC(=O)c1cc2c(cc1C)C(C)(C)C[C@H]2C. The second kappa shape index (κ2) is 3.97. The largest absolute Gasteiger partial charge is 0.294 e. The summed E-state index contributed by atoms with van der Waals surface area (Å²) in [6.07, 6.45) is 1.78. The molecule has 0 aromatic heterocycles. The van der Waals surface area contributed by atoms with Crippen LogP contribution in [0.3, 0.4) is 0 Å². The third-order valence-corrected chi connectivity index (χ3v) is 4.09.